The fourth-order valence-electron chi connectivity index (χ4n) is 1.38. The Morgan fingerprint density at radius 1 is 1.31 bits per heavy atom. The van der Waals surface area contributed by atoms with Crippen LogP contribution in [0.2, 0.25) is 0 Å². The topological polar surface area (TPSA) is 26.3 Å². The maximum Gasteiger partial charge on any atom is 0.338 e. The Kier molecular flexibility index (Phi) is 6.01. The van der Waals surface area contributed by atoms with Crippen LogP contribution in [0.5, 0.6) is 0 Å². The molecule has 0 spiro atoms. The zero-order valence-corrected chi connectivity index (χ0v) is 10.7. The van der Waals surface area contributed by atoms with Crippen LogP contribution in [-0.4, -0.2) is 18.2 Å². The van der Waals surface area contributed by atoms with Crippen molar-refractivity contribution in [2.24, 2.45) is 0 Å². The van der Waals surface area contributed by atoms with Crippen LogP contribution < -0.4 is 0 Å². The van der Waals surface area contributed by atoms with Gasteiger partial charge < -0.3 is 4.74 Å². The molecule has 0 unspecified atom stereocenters. The molecule has 2 nitrogen and oxygen atoms in total. The van der Waals surface area contributed by atoms with Gasteiger partial charge in [0, 0.05) is 0 Å². The molecule has 0 bridgehead atoms. The van der Waals surface area contributed by atoms with Crippen LogP contribution in [0.4, 0.5) is 0 Å². The molecule has 0 amide bonds. The Bertz CT molecular complexity index is 319. The Morgan fingerprint density at radius 3 is 2.56 bits per heavy atom. The normalized spacial score (nSPS) is 10.1. The smallest absolute Gasteiger partial charge is 0.338 e. The van der Waals surface area contributed by atoms with Gasteiger partial charge in [-0.05, 0) is 36.8 Å². The van der Waals surface area contributed by atoms with E-state index in [1.54, 1.807) is 0 Å². The van der Waals surface area contributed by atoms with Crippen molar-refractivity contribution in [3.8, 4) is 0 Å². The van der Waals surface area contributed by atoms with Crippen LogP contribution in [0.1, 0.15) is 35.7 Å². The summed E-state index contributed by atoms with van der Waals surface area (Å²) in [4.78, 5) is 11.5. The second-order valence-electron chi connectivity index (χ2n) is 3.64. The molecule has 1 rings (SSSR count). The first kappa shape index (κ1) is 13.1. The molecule has 16 heavy (non-hydrogen) atoms. The van der Waals surface area contributed by atoms with E-state index in [4.69, 9.17) is 4.74 Å². The first-order valence-electron chi connectivity index (χ1n) is 5.53. The number of aryl methyl sites for hydroxylation is 1. The van der Waals surface area contributed by atoms with Crippen molar-refractivity contribution in [3.63, 3.8) is 0 Å². The molecule has 0 N–H and O–H groups in total. The fourth-order valence-corrected chi connectivity index (χ4v) is 1.61. The Balaban J connectivity index is 2.53. The summed E-state index contributed by atoms with van der Waals surface area (Å²) in [5, 5.41) is 0. The summed E-state index contributed by atoms with van der Waals surface area (Å²) < 4.78 is 5.02. The summed E-state index contributed by atoms with van der Waals surface area (Å²) in [6, 6.07) is 7.69. The van der Waals surface area contributed by atoms with Gasteiger partial charge in [-0.2, -0.15) is 0 Å². The molecule has 0 saturated carbocycles. The molecule has 0 atom stereocenters. The van der Waals surface area contributed by atoms with E-state index < -0.39 is 0 Å². The highest BCUT2D eigenvalue weighted by molar-refractivity contribution is 7.98. The average molecular weight is 238 g/mol. The summed E-state index contributed by atoms with van der Waals surface area (Å²) in [7, 11) is 0. The molecular weight excluding hydrogens is 220 g/mol. The second-order valence-corrected chi connectivity index (χ2v) is 4.45. The van der Waals surface area contributed by atoms with Gasteiger partial charge in [0.05, 0.1) is 5.56 Å². The first-order chi connectivity index (χ1) is 7.77. The average Bonchev–Trinajstić information content (AvgIpc) is 2.34. The number of hydrogen-bond donors (Lipinski definition) is 0. The van der Waals surface area contributed by atoms with Gasteiger partial charge in [0.2, 0.25) is 0 Å². The van der Waals surface area contributed by atoms with E-state index in [0.717, 1.165) is 6.42 Å². The molecule has 1 aromatic carbocycles. The molecule has 3 heteroatoms. The van der Waals surface area contributed by atoms with Crippen molar-refractivity contribution in [2.45, 2.75) is 26.2 Å². The van der Waals surface area contributed by atoms with Gasteiger partial charge in [-0.15, -0.1) is 11.8 Å². The van der Waals surface area contributed by atoms with Crippen LogP contribution in [0.3, 0.4) is 0 Å². The minimum absolute atomic E-state index is 0.239. The van der Waals surface area contributed by atoms with E-state index in [0.29, 0.717) is 11.5 Å². The number of carbonyl (C=O) groups excluding carboxylic acids is 1. The van der Waals surface area contributed by atoms with Gasteiger partial charge in [0.15, 0.2) is 0 Å². The highest BCUT2D eigenvalue weighted by atomic mass is 32.2. The SMILES string of the molecule is CCCCc1ccc(C(=O)OCSC)cc1. The van der Waals surface area contributed by atoms with Crippen molar-refractivity contribution in [3.05, 3.63) is 35.4 Å². The molecule has 0 heterocycles. The number of benzene rings is 1. The van der Waals surface area contributed by atoms with Gasteiger partial charge in [-0.25, -0.2) is 4.79 Å². The van der Waals surface area contributed by atoms with Crippen LogP contribution in [0.15, 0.2) is 24.3 Å². The van der Waals surface area contributed by atoms with Crippen molar-refractivity contribution < 1.29 is 9.53 Å². The van der Waals surface area contributed by atoms with Crippen molar-refractivity contribution in [2.75, 3.05) is 12.2 Å². The quantitative estimate of drug-likeness (QED) is 0.560. The van der Waals surface area contributed by atoms with Crippen molar-refractivity contribution in [1.82, 2.24) is 0 Å². The Morgan fingerprint density at radius 2 is 2.00 bits per heavy atom. The van der Waals surface area contributed by atoms with Gasteiger partial charge in [0.25, 0.3) is 0 Å². The summed E-state index contributed by atoms with van der Waals surface area (Å²) in [6.45, 7) is 2.17. The minimum Gasteiger partial charge on any atom is -0.451 e. The van der Waals surface area contributed by atoms with E-state index in [9.17, 15) is 4.79 Å². The van der Waals surface area contributed by atoms with Crippen molar-refractivity contribution >= 4 is 17.7 Å². The van der Waals surface area contributed by atoms with Gasteiger partial charge in [-0.1, -0.05) is 25.5 Å². The number of rotatable bonds is 6. The van der Waals surface area contributed by atoms with E-state index >= 15 is 0 Å². The number of carbonyl (C=O) groups is 1. The lowest BCUT2D eigenvalue weighted by Gasteiger charge is -2.04. The molecule has 0 aliphatic heterocycles. The maximum absolute atomic E-state index is 11.5. The standard InChI is InChI=1S/C13H18O2S/c1-3-4-5-11-6-8-12(9-7-11)13(14)15-10-16-2/h6-9H,3-5,10H2,1-2H3. The van der Waals surface area contributed by atoms with Crippen molar-refractivity contribution in [1.29, 1.82) is 0 Å². The summed E-state index contributed by atoms with van der Waals surface area (Å²) in [5.74, 6) is 0.174. The van der Waals surface area contributed by atoms with E-state index in [1.807, 2.05) is 30.5 Å². The monoisotopic (exact) mass is 238 g/mol. The predicted molar refractivity (Wildman–Crippen MR) is 68.9 cm³/mol. The molecule has 0 fully saturated rings. The van der Waals surface area contributed by atoms with Crippen LogP contribution in [0, 0.1) is 0 Å². The largest absolute Gasteiger partial charge is 0.451 e. The van der Waals surface area contributed by atoms with E-state index in [2.05, 4.69) is 6.92 Å². The highest BCUT2D eigenvalue weighted by Crippen LogP contribution is 2.09. The fraction of sp³-hybridized carbons (Fsp3) is 0.462. The molecule has 0 aromatic heterocycles. The zero-order valence-electron chi connectivity index (χ0n) is 9.86. The minimum atomic E-state index is -0.239. The second kappa shape index (κ2) is 7.34. The van der Waals surface area contributed by atoms with E-state index in [1.165, 1.54) is 30.2 Å². The summed E-state index contributed by atoms with van der Waals surface area (Å²) in [6.07, 6.45) is 5.37. The van der Waals surface area contributed by atoms with E-state index in [-0.39, 0.29) is 5.97 Å². The molecular formula is C13H18O2S. The van der Waals surface area contributed by atoms with Gasteiger partial charge >= 0.3 is 5.97 Å². The molecule has 0 aliphatic rings. The Labute approximate surface area is 101 Å². The lowest BCUT2D eigenvalue weighted by Crippen LogP contribution is -2.04. The maximum atomic E-state index is 11.5. The molecule has 0 radical (unpaired) electrons. The molecule has 0 saturated heterocycles. The number of hydrogen-bond acceptors (Lipinski definition) is 3. The third-order valence-corrected chi connectivity index (χ3v) is 2.67. The summed E-state index contributed by atoms with van der Waals surface area (Å²) >= 11 is 1.50. The lowest BCUT2D eigenvalue weighted by molar-refractivity contribution is 0.0579. The third kappa shape index (κ3) is 4.27. The van der Waals surface area contributed by atoms with Crippen LogP contribution in [-0.2, 0) is 11.2 Å². The van der Waals surface area contributed by atoms with Gasteiger partial charge in [0.1, 0.15) is 5.94 Å². The molecule has 1 aromatic rings. The summed E-state index contributed by atoms with van der Waals surface area (Å²) in [5.41, 5.74) is 1.91. The number of ether oxygens (including phenoxy) is 1. The number of unbranched alkanes of at least 4 members (excludes halogenated alkanes) is 1. The molecule has 0 aliphatic carbocycles. The first-order valence-corrected chi connectivity index (χ1v) is 6.92. The number of thioether (sulfide) groups is 1. The van der Waals surface area contributed by atoms with Gasteiger partial charge in [-0.3, -0.25) is 0 Å². The van der Waals surface area contributed by atoms with Crippen LogP contribution >= 0.6 is 11.8 Å². The Hall–Kier alpha value is -0.960. The van der Waals surface area contributed by atoms with Crippen LogP contribution in [0.25, 0.3) is 0 Å². The number of esters is 1. The molecule has 88 valence electrons. The lowest BCUT2D eigenvalue weighted by atomic mass is 10.1. The third-order valence-electron chi connectivity index (χ3n) is 2.32. The zero-order chi connectivity index (χ0) is 11.8. The predicted octanol–water partition coefficient (Wildman–Crippen LogP) is 3.51. The highest BCUT2D eigenvalue weighted by Gasteiger charge is 2.05.